The van der Waals surface area contributed by atoms with Gasteiger partial charge >= 0.3 is 0 Å². The van der Waals surface area contributed by atoms with E-state index in [0.29, 0.717) is 13.0 Å². The first-order valence-electron chi connectivity index (χ1n) is 8.36. The molecule has 8 nitrogen and oxygen atoms in total. The molecular formula is C17H24N6O2. The highest BCUT2D eigenvalue weighted by molar-refractivity contribution is 5.78. The second-order valence-corrected chi connectivity index (χ2v) is 6.39. The number of nitrogens with zero attached hydrogens (tertiary/aromatic N) is 5. The van der Waals surface area contributed by atoms with E-state index < -0.39 is 0 Å². The van der Waals surface area contributed by atoms with E-state index in [4.69, 9.17) is 4.74 Å². The molecular weight excluding hydrogens is 320 g/mol. The van der Waals surface area contributed by atoms with Gasteiger partial charge in [0, 0.05) is 50.9 Å². The van der Waals surface area contributed by atoms with Crippen molar-refractivity contribution < 1.29 is 9.53 Å². The summed E-state index contributed by atoms with van der Waals surface area (Å²) in [6.07, 6.45) is 6.29. The second kappa shape index (κ2) is 7.60. The van der Waals surface area contributed by atoms with Crippen molar-refractivity contribution in [1.82, 2.24) is 24.8 Å². The third-order valence-electron chi connectivity index (χ3n) is 4.59. The molecule has 0 unspecified atom stereocenters. The predicted molar refractivity (Wildman–Crippen MR) is 93.2 cm³/mol. The molecule has 0 aromatic carbocycles. The van der Waals surface area contributed by atoms with Gasteiger partial charge in [0.1, 0.15) is 12.1 Å². The van der Waals surface area contributed by atoms with Gasteiger partial charge in [-0.1, -0.05) is 0 Å². The molecule has 0 radical (unpaired) electrons. The van der Waals surface area contributed by atoms with Crippen LogP contribution in [0.1, 0.15) is 17.8 Å². The molecule has 1 fully saturated rings. The van der Waals surface area contributed by atoms with Gasteiger partial charge in [-0.05, 0) is 13.3 Å². The highest BCUT2D eigenvalue weighted by Gasteiger charge is 2.33. The minimum Gasteiger partial charge on any atom is -0.380 e. The van der Waals surface area contributed by atoms with Crippen LogP contribution in [0.25, 0.3) is 0 Å². The van der Waals surface area contributed by atoms with Gasteiger partial charge < -0.3 is 19.5 Å². The third kappa shape index (κ3) is 4.14. The number of aryl methyl sites for hydroxylation is 2. The average Bonchev–Trinajstić information content (AvgIpc) is 3.19. The molecule has 1 aliphatic heterocycles. The molecule has 8 heteroatoms. The molecule has 1 amide bonds. The number of anilines is 1. The lowest BCUT2D eigenvalue weighted by molar-refractivity contribution is -0.120. The summed E-state index contributed by atoms with van der Waals surface area (Å²) >= 11 is 0. The minimum atomic E-state index is -0.0108. The smallest absolute Gasteiger partial charge is 0.226 e. The lowest BCUT2D eigenvalue weighted by atomic mass is 10.2. The van der Waals surface area contributed by atoms with E-state index in [1.165, 1.54) is 0 Å². The predicted octanol–water partition coefficient (Wildman–Crippen LogP) is 0.471. The van der Waals surface area contributed by atoms with Gasteiger partial charge in [-0.25, -0.2) is 15.0 Å². The molecule has 0 bridgehead atoms. The Morgan fingerprint density at radius 1 is 1.44 bits per heavy atom. The molecule has 1 aliphatic rings. The Morgan fingerprint density at radius 2 is 2.28 bits per heavy atom. The Bertz CT molecular complexity index is 731. The summed E-state index contributed by atoms with van der Waals surface area (Å²) in [6.45, 7) is 3.26. The molecule has 3 rings (SSSR count). The van der Waals surface area contributed by atoms with Gasteiger partial charge in [0.2, 0.25) is 5.91 Å². The normalized spacial score (nSPS) is 20.0. The monoisotopic (exact) mass is 344 g/mol. The highest BCUT2D eigenvalue weighted by atomic mass is 16.5. The highest BCUT2D eigenvalue weighted by Crippen LogP contribution is 2.25. The second-order valence-electron chi connectivity index (χ2n) is 6.39. The van der Waals surface area contributed by atoms with E-state index in [0.717, 1.165) is 30.2 Å². The first-order chi connectivity index (χ1) is 12.1. The van der Waals surface area contributed by atoms with Crippen molar-refractivity contribution in [3.8, 4) is 0 Å². The first-order valence-corrected chi connectivity index (χ1v) is 8.36. The minimum absolute atomic E-state index is 0.0108. The number of hydrogen-bond donors (Lipinski definition) is 1. The van der Waals surface area contributed by atoms with Gasteiger partial charge in [-0.2, -0.15) is 0 Å². The number of carbonyl (C=O) groups is 1. The van der Waals surface area contributed by atoms with Crippen molar-refractivity contribution in [2.75, 3.05) is 25.1 Å². The molecule has 3 heterocycles. The number of methoxy groups -OCH3 is 1. The molecule has 2 aromatic rings. The Labute approximate surface area is 147 Å². The van der Waals surface area contributed by atoms with Crippen LogP contribution in [0.4, 0.5) is 5.82 Å². The number of rotatable bonds is 6. The maximum absolute atomic E-state index is 12.2. The van der Waals surface area contributed by atoms with Crippen LogP contribution in [0.3, 0.4) is 0 Å². The summed E-state index contributed by atoms with van der Waals surface area (Å²) in [5.41, 5.74) is 1.81. The molecule has 2 atom stereocenters. The van der Waals surface area contributed by atoms with Crippen LogP contribution < -0.4 is 10.2 Å². The number of hydrogen-bond acceptors (Lipinski definition) is 6. The quantitative estimate of drug-likeness (QED) is 0.820. The van der Waals surface area contributed by atoms with Crippen LogP contribution in [0.2, 0.25) is 0 Å². The fourth-order valence-corrected chi connectivity index (χ4v) is 3.13. The summed E-state index contributed by atoms with van der Waals surface area (Å²) in [6, 6.07) is 2.11. The van der Waals surface area contributed by atoms with E-state index in [1.807, 2.05) is 24.6 Å². The molecule has 0 spiro atoms. The maximum atomic E-state index is 12.2. The maximum Gasteiger partial charge on any atom is 0.226 e. The van der Waals surface area contributed by atoms with Crippen LogP contribution in [0, 0.1) is 6.92 Å². The van der Waals surface area contributed by atoms with E-state index in [2.05, 4.69) is 25.2 Å². The van der Waals surface area contributed by atoms with Crippen LogP contribution >= 0.6 is 0 Å². The third-order valence-corrected chi connectivity index (χ3v) is 4.59. The van der Waals surface area contributed by atoms with E-state index in [9.17, 15) is 4.79 Å². The topological polar surface area (TPSA) is 85.2 Å². The Kier molecular flexibility index (Phi) is 5.28. The summed E-state index contributed by atoms with van der Waals surface area (Å²) < 4.78 is 7.38. The Hall–Kier alpha value is -2.48. The van der Waals surface area contributed by atoms with Gasteiger partial charge in [0.05, 0.1) is 24.9 Å². The number of imidazole rings is 1. The van der Waals surface area contributed by atoms with Crippen molar-refractivity contribution in [2.24, 2.45) is 7.05 Å². The number of nitrogens with one attached hydrogen (secondary N) is 1. The zero-order valence-corrected chi connectivity index (χ0v) is 14.8. The number of amides is 1. The van der Waals surface area contributed by atoms with E-state index in [-0.39, 0.29) is 18.1 Å². The fourth-order valence-electron chi connectivity index (χ4n) is 3.13. The standard InChI is InChI=1S/C17H24N6O2/c1-12-4-16(21-10-20-12)23-9-15(25-3)5-14(23)8-19-17(24)6-13-7-18-11-22(13)2/h4,7,10-11,14-15H,5-6,8-9H2,1-3H3,(H,19,24)/t14-,15-/m0/s1. The zero-order chi connectivity index (χ0) is 17.8. The largest absolute Gasteiger partial charge is 0.380 e. The summed E-state index contributed by atoms with van der Waals surface area (Å²) in [5.74, 6) is 0.862. The lowest BCUT2D eigenvalue weighted by Gasteiger charge is -2.25. The van der Waals surface area contributed by atoms with Crippen molar-refractivity contribution in [3.63, 3.8) is 0 Å². The molecule has 0 aliphatic carbocycles. The fraction of sp³-hybridized carbons (Fsp3) is 0.529. The van der Waals surface area contributed by atoms with Crippen molar-refractivity contribution in [1.29, 1.82) is 0 Å². The van der Waals surface area contributed by atoms with E-state index >= 15 is 0 Å². The molecule has 134 valence electrons. The number of aromatic nitrogens is 4. The van der Waals surface area contributed by atoms with Gasteiger partial charge in [-0.3, -0.25) is 4.79 Å². The van der Waals surface area contributed by atoms with Gasteiger partial charge in [0.15, 0.2) is 0 Å². The first kappa shape index (κ1) is 17.3. The van der Waals surface area contributed by atoms with Crippen molar-refractivity contribution in [3.05, 3.63) is 36.3 Å². The summed E-state index contributed by atoms with van der Waals surface area (Å²) in [4.78, 5) is 27.0. The number of carbonyl (C=O) groups excluding carboxylic acids is 1. The molecule has 25 heavy (non-hydrogen) atoms. The molecule has 1 saturated heterocycles. The summed E-state index contributed by atoms with van der Waals surface area (Å²) in [5, 5.41) is 3.03. The van der Waals surface area contributed by atoms with Crippen molar-refractivity contribution >= 4 is 11.7 Å². The molecule has 0 saturated carbocycles. The van der Waals surface area contributed by atoms with Gasteiger partial charge in [-0.15, -0.1) is 0 Å². The molecule has 1 N–H and O–H groups in total. The number of ether oxygens (including phenoxy) is 1. The Balaban J connectivity index is 1.62. The Morgan fingerprint density at radius 3 is 2.96 bits per heavy atom. The molecule has 2 aromatic heterocycles. The van der Waals surface area contributed by atoms with E-state index in [1.54, 1.807) is 26.0 Å². The summed E-state index contributed by atoms with van der Waals surface area (Å²) in [7, 11) is 3.60. The van der Waals surface area contributed by atoms with Crippen LogP contribution in [0.5, 0.6) is 0 Å². The van der Waals surface area contributed by atoms with Gasteiger partial charge in [0.25, 0.3) is 0 Å². The van der Waals surface area contributed by atoms with Crippen LogP contribution in [0.15, 0.2) is 24.9 Å². The van der Waals surface area contributed by atoms with Crippen molar-refractivity contribution in [2.45, 2.75) is 31.9 Å². The SMILES string of the molecule is CO[C@H]1C[C@@H](CNC(=O)Cc2cncn2C)N(c2cc(C)ncn2)C1. The van der Waals surface area contributed by atoms with Crippen LogP contribution in [-0.2, 0) is 23.0 Å². The van der Waals surface area contributed by atoms with Crippen LogP contribution in [-0.4, -0.2) is 57.8 Å². The average molecular weight is 344 g/mol. The zero-order valence-electron chi connectivity index (χ0n) is 14.8. The lowest BCUT2D eigenvalue weighted by Crippen LogP contribution is -2.41.